The smallest absolute Gasteiger partial charge is 0.185 e. The van der Waals surface area contributed by atoms with Gasteiger partial charge in [-0.25, -0.2) is 0 Å². The van der Waals surface area contributed by atoms with E-state index in [1.54, 1.807) is 0 Å². The summed E-state index contributed by atoms with van der Waals surface area (Å²) in [6.07, 6.45) is 3.10. The van der Waals surface area contributed by atoms with Crippen LogP contribution in [0.25, 0.3) is 0 Å². The van der Waals surface area contributed by atoms with Crippen LogP contribution in [0.15, 0.2) is 0 Å². The molecule has 0 N–H and O–H groups in total. The van der Waals surface area contributed by atoms with E-state index in [-0.39, 0.29) is 0 Å². The molecular formula is C10H21ClNO2P. The molecule has 0 saturated carbocycles. The third kappa shape index (κ3) is 5.46. The van der Waals surface area contributed by atoms with E-state index in [0.717, 1.165) is 45.4 Å². The molecule has 0 amide bonds. The summed E-state index contributed by atoms with van der Waals surface area (Å²) in [5.74, 6) is 0. The predicted molar refractivity (Wildman–Crippen MR) is 65.5 cm³/mol. The Morgan fingerprint density at radius 2 is 1.73 bits per heavy atom. The van der Waals surface area contributed by atoms with E-state index in [2.05, 4.69) is 4.90 Å². The fourth-order valence-corrected chi connectivity index (χ4v) is 3.23. The third-order valence-corrected chi connectivity index (χ3v) is 4.54. The van der Waals surface area contributed by atoms with Crippen molar-refractivity contribution >= 4 is 20.0 Å². The van der Waals surface area contributed by atoms with Crippen molar-refractivity contribution in [2.75, 3.05) is 32.6 Å². The Labute approximate surface area is 99.0 Å². The van der Waals surface area contributed by atoms with Crippen LogP contribution in [0, 0.1) is 0 Å². The summed E-state index contributed by atoms with van der Waals surface area (Å²) in [7, 11) is -0.715. The molecule has 0 bridgehead atoms. The van der Waals surface area contributed by atoms with Crippen molar-refractivity contribution in [2.24, 2.45) is 0 Å². The van der Waals surface area contributed by atoms with E-state index < -0.39 is 8.38 Å². The maximum absolute atomic E-state index is 6.06. The van der Waals surface area contributed by atoms with E-state index in [9.17, 15) is 0 Å². The van der Waals surface area contributed by atoms with Crippen LogP contribution in [0.1, 0.15) is 26.7 Å². The summed E-state index contributed by atoms with van der Waals surface area (Å²) in [5.41, 5.74) is 0. The molecule has 0 aliphatic carbocycles. The Morgan fingerprint density at radius 3 is 2.20 bits per heavy atom. The molecule has 1 fully saturated rings. The summed E-state index contributed by atoms with van der Waals surface area (Å²) in [6, 6.07) is 0. The number of hydrogen-bond donors (Lipinski definition) is 0. The van der Waals surface area contributed by atoms with Crippen molar-refractivity contribution in [3.05, 3.63) is 0 Å². The van der Waals surface area contributed by atoms with E-state index in [0.29, 0.717) is 5.38 Å². The first kappa shape index (κ1) is 13.7. The number of piperidine rings is 1. The van der Waals surface area contributed by atoms with Gasteiger partial charge in [0.2, 0.25) is 0 Å². The topological polar surface area (TPSA) is 21.7 Å². The highest BCUT2D eigenvalue weighted by atomic mass is 35.5. The van der Waals surface area contributed by atoms with E-state index in [1.165, 1.54) is 0 Å². The van der Waals surface area contributed by atoms with Crippen LogP contribution < -0.4 is 0 Å². The van der Waals surface area contributed by atoms with E-state index >= 15 is 0 Å². The molecule has 0 atom stereocenters. The third-order valence-electron chi connectivity index (χ3n) is 2.38. The summed E-state index contributed by atoms with van der Waals surface area (Å²) in [6.45, 7) is 7.65. The molecule has 1 aliphatic rings. The molecule has 0 spiro atoms. The number of hydrogen-bond acceptors (Lipinski definition) is 3. The normalized spacial score (nSPS) is 20.0. The molecule has 0 unspecified atom stereocenters. The number of likely N-dealkylation sites (tertiary alicyclic amines) is 1. The Kier molecular flexibility index (Phi) is 7.11. The van der Waals surface area contributed by atoms with Crippen LogP contribution in [-0.4, -0.2) is 42.9 Å². The van der Waals surface area contributed by atoms with Gasteiger partial charge in [0, 0.05) is 18.5 Å². The monoisotopic (exact) mass is 253 g/mol. The van der Waals surface area contributed by atoms with Crippen molar-refractivity contribution in [3.8, 4) is 0 Å². The molecule has 15 heavy (non-hydrogen) atoms. The van der Waals surface area contributed by atoms with Crippen LogP contribution in [-0.2, 0) is 9.05 Å². The standard InChI is InChI=1S/C10H21ClNO2P/c1-3-13-15(14-4-2)9-12-7-5-10(11)6-8-12/h10H,3-9H2,1-2H3. The Bertz CT molecular complexity index is 160. The SMILES string of the molecule is CCOP(CN1CCC(Cl)CC1)OCC. The zero-order valence-electron chi connectivity index (χ0n) is 9.62. The summed E-state index contributed by atoms with van der Waals surface area (Å²) in [5, 5.41) is 0.367. The number of halogens is 1. The molecule has 1 rings (SSSR count). The Hall–Kier alpha value is 0.600. The quantitative estimate of drug-likeness (QED) is 0.537. The van der Waals surface area contributed by atoms with E-state index in [4.69, 9.17) is 20.6 Å². The second-order valence-corrected chi connectivity index (χ2v) is 5.68. The van der Waals surface area contributed by atoms with Gasteiger partial charge in [-0.05, 0) is 26.7 Å². The number of nitrogens with zero attached hydrogens (tertiary/aromatic N) is 1. The van der Waals surface area contributed by atoms with Gasteiger partial charge in [-0.1, -0.05) is 0 Å². The second kappa shape index (κ2) is 7.81. The fraction of sp³-hybridized carbons (Fsp3) is 1.00. The highest BCUT2D eigenvalue weighted by molar-refractivity contribution is 7.47. The van der Waals surface area contributed by atoms with Gasteiger partial charge in [-0.3, -0.25) is 4.90 Å². The molecule has 0 aromatic heterocycles. The van der Waals surface area contributed by atoms with Gasteiger partial charge < -0.3 is 9.05 Å². The molecular weight excluding hydrogens is 233 g/mol. The molecule has 1 heterocycles. The summed E-state index contributed by atoms with van der Waals surface area (Å²) in [4.78, 5) is 2.40. The largest absolute Gasteiger partial charge is 0.333 e. The average Bonchev–Trinajstić information content (AvgIpc) is 2.22. The summed E-state index contributed by atoms with van der Waals surface area (Å²) < 4.78 is 11.2. The van der Waals surface area contributed by atoms with Crippen LogP contribution in [0.4, 0.5) is 0 Å². The van der Waals surface area contributed by atoms with Gasteiger partial charge in [0.05, 0.1) is 19.5 Å². The minimum Gasteiger partial charge on any atom is -0.333 e. The lowest BCUT2D eigenvalue weighted by atomic mass is 10.1. The van der Waals surface area contributed by atoms with Gasteiger partial charge in [0.15, 0.2) is 8.38 Å². The lowest BCUT2D eigenvalue weighted by Gasteiger charge is -2.31. The zero-order chi connectivity index (χ0) is 11.1. The van der Waals surface area contributed by atoms with Gasteiger partial charge in [0.1, 0.15) is 0 Å². The summed E-state index contributed by atoms with van der Waals surface area (Å²) >= 11 is 6.06. The molecule has 0 aromatic carbocycles. The van der Waals surface area contributed by atoms with E-state index in [1.807, 2.05) is 13.8 Å². The van der Waals surface area contributed by atoms with Crippen LogP contribution in [0.5, 0.6) is 0 Å². The van der Waals surface area contributed by atoms with Gasteiger partial charge >= 0.3 is 0 Å². The maximum atomic E-state index is 6.06. The molecule has 0 aromatic rings. The molecule has 5 heteroatoms. The van der Waals surface area contributed by atoms with Crippen LogP contribution in [0.2, 0.25) is 0 Å². The van der Waals surface area contributed by atoms with Gasteiger partial charge in [0.25, 0.3) is 0 Å². The first-order valence-corrected chi connectivity index (χ1v) is 7.46. The second-order valence-electron chi connectivity index (χ2n) is 3.60. The molecule has 1 aliphatic heterocycles. The average molecular weight is 254 g/mol. The molecule has 1 saturated heterocycles. The first-order valence-electron chi connectivity index (χ1n) is 5.66. The number of alkyl halides is 1. The van der Waals surface area contributed by atoms with Gasteiger partial charge in [-0.15, -0.1) is 11.6 Å². The lowest BCUT2D eigenvalue weighted by molar-refractivity contribution is 0.220. The Morgan fingerprint density at radius 1 is 1.20 bits per heavy atom. The van der Waals surface area contributed by atoms with Crippen LogP contribution in [0.3, 0.4) is 0 Å². The lowest BCUT2D eigenvalue weighted by Crippen LogP contribution is -2.34. The van der Waals surface area contributed by atoms with Crippen molar-refractivity contribution in [2.45, 2.75) is 32.1 Å². The zero-order valence-corrected chi connectivity index (χ0v) is 11.3. The van der Waals surface area contributed by atoms with Crippen molar-refractivity contribution in [1.82, 2.24) is 4.90 Å². The van der Waals surface area contributed by atoms with Crippen molar-refractivity contribution in [1.29, 1.82) is 0 Å². The molecule has 3 nitrogen and oxygen atoms in total. The maximum Gasteiger partial charge on any atom is 0.185 e. The minimum absolute atomic E-state index is 0.367. The highest BCUT2D eigenvalue weighted by Crippen LogP contribution is 2.39. The first-order chi connectivity index (χ1) is 7.26. The molecule has 90 valence electrons. The predicted octanol–water partition coefficient (Wildman–Crippen LogP) is 3.03. The van der Waals surface area contributed by atoms with Crippen molar-refractivity contribution < 1.29 is 9.05 Å². The fourth-order valence-electron chi connectivity index (χ4n) is 1.61. The highest BCUT2D eigenvalue weighted by Gasteiger charge is 2.21. The Balaban J connectivity index is 2.24. The molecule has 0 radical (unpaired) electrons. The number of rotatable bonds is 6. The van der Waals surface area contributed by atoms with Gasteiger partial charge in [-0.2, -0.15) is 0 Å². The van der Waals surface area contributed by atoms with Crippen LogP contribution >= 0.6 is 20.0 Å². The van der Waals surface area contributed by atoms with Crippen molar-refractivity contribution in [3.63, 3.8) is 0 Å². The minimum atomic E-state index is -0.715.